The van der Waals surface area contributed by atoms with Crippen LogP contribution in [0.25, 0.3) is 0 Å². The van der Waals surface area contributed by atoms with Crippen molar-refractivity contribution in [1.29, 1.82) is 0 Å². The van der Waals surface area contributed by atoms with E-state index in [9.17, 15) is 57.5 Å². The molecule has 7 aliphatic rings. The number of allylic oxidation sites excluding steroid dienone is 2. The number of carbonyl (C=O) groups excluding carboxylic acids is 12. The van der Waals surface area contributed by atoms with Gasteiger partial charge in [0.25, 0.3) is 0 Å². The Morgan fingerprint density at radius 2 is 0.835 bits per heavy atom. The molecule has 1 aliphatic heterocycles. The number of cyclic esters (lactones) is 2. The van der Waals surface area contributed by atoms with Gasteiger partial charge in [-0.15, -0.1) is 0 Å². The Kier molecular flexibility index (Phi) is 22.4. The fourth-order valence-electron chi connectivity index (χ4n) is 14.1. The van der Waals surface area contributed by atoms with Gasteiger partial charge < -0.3 is 61.5 Å². The molecule has 2 spiro atoms. The average Bonchev–Trinajstić information content (AvgIpc) is 1.30. The lowest BCUT2D eigenvalue weighted by atomic mass is 9.44. The summed E-state index contributed by atoms with van der Waals surface area (Å²) in [4.78, 5) is 172. The first-order valence-corrected chi connectivity index (χ1v) is 30.5. The number of amides is 8. The predicted octanol–water partition coefficient (Wildman–Crippen LogP) is 2.05. The summed E-state index contributed by atoms with van der Waals surface area (Å²) in [5.74, 6) is -14.7. The van der Waals surface area contributed by atoms with Gasteiger partial charge in [0.1, 0.15) is 61.5 Å². The van der Waals surface area contributed by atoms with Gasteiger partial charge in [-0.3, -0.25) is 47.9 Å². The average molecular weight is 1200 g/mol. The summed E-state index contributed by atoms with van der Waals surface area (Å²) in [5.41, 5.74) is -2.51. The highest BCUT2D eigenvalue weighted by molar-refractivity contribution is 5.99. The summed E-state index contributed by atoms with van der Waals surface area (Å²) in [6.07, 6.45) is 6.24. The summed E-state index contributed by atoms with van der Waals surface area (Å²) in [6.45, 7) is 19.3. The van der Waals surface area contributed by atoms with Crippen molar-refractivity contribution in [2.24, 2.45) is 81.8 Å². The molecule has 0 aromatic carbocycles. The second kappa shape index (κ2) is 28.3. The van der Waals surface area contributed by atoms with Crippen molar-refractivity contribution in [2.75, 3.05) is 27.4 Å². The number of fused-ring (bicyclic) bond motifs is 5. The summed E-state index contributed by atoms with van der Waals surface area (Å²) in [5, 5.41) is 21.9. The Labute approximate surface area is 499 Å². The Balaban J connectivity index is 1.40. The first-order valence-electron chi connectivity index (χ1n) is 30.5. The number of rotatable bonds is 18. The Bertz CT molecular complexity index is 2400. The molecule has 8 N–H and O–H groups in total. The van der Waals surface area contributed by atoms with Gasteiger partial charge in [-0.2, -0.15) is 0 Å². The first-order chi connectivity index (χ1) is 39.8. The number of nitrogens with one attached hydrogen (secondary N) is 8. The molecule has 1 saturated heterocycles. The van der Waals surface area contributed by atoms with Crippen LogP contribution in [0.1, 0.15) is 141 Å². The van der Waals surface area contributed by atoms with E-state index in [1.54, 1.807) is 55.4 Å². The maximum atomic E-state index is 14.9. The molecule has 474 valence electrons. The van der Waals surface area contributed by atoms with E-state index in [0.717, 1.165) is 0 Å². The van der Waals surface area contributed by atoms with Crippen molar-refractivity contribution in [3.05, 3.63) is 12.2 Å². The van der Waals surface area contributed by atoms with Crippen LogP contribution >= 0.6 is 0 Å². The van der Waals surface area contributed by atoms with Gasteiger partial charge in [0.2, 0.25) is 47.3 Å². The number of esters is 4. The molecule has 0 aromatic rings. The lowest BCUT2D eigenvalue weighted by molar-refractivity contribution is -0.195. The molecule has 0 radical (unpaired) electrons. The highest BCUT2D eigenvalue weighted by Crippen LogP contribution is 2.66. The maximum absolute atomic E-state index is 14.9. The van der Waals surface area contributed by atoms with Crippen molar-refractivity contribution in [1.82, 2.24) is 42.5 Å². The van der Waals surface area contributed by atoms with Crippen LogP contribution in [0.3, 0.4) is 0 Å². The van der Waals surface area contributed by atoms with E-state index in [1.807, 2.05) is 39.8 Å². The van der Waals surface area contributed by atoms with Crippen molar-refractivity contribution >= 4 is 71.1 Å². The number of methoxy groups -OCH3 is 2. The van der Waals surface area contributed by atoms with E-state index in [1.165, 1.54) is 14.2 Å². The molecular weight excluding hydrogens is 1100 g/mol. The van der Waals surface area contributed by atoms with Crippen molar-refractivity contribution in [3.8, 4) is 0 Å². The maximum Gasteiger partial charge on any atom is 0.328 e. The number of carbonyl (C=O) groups is 12. The zero-order valence-electron chi connectivity index (χ0n) is 52.0. The lowest BCUT2D eigenvalue weighted by Crippen LogP contribution is -2.61. The summed E-state index contributed by atoms with van der Waals surface area (Å²) >= 11 is 0. The third kappa shape index (κ3) is 15.9. The van der Waals surface area contributed by atoms with Gasteiger partial charge in [0.05, 0.1) is 36.9 Å². The van der Waals surface area contributed by atoms with E-state index in [0.29, 0.717) is 38.5 Å². The van der Waals surface area contributed by atoms with Gasteiger partial charge >= 0.3 is 23.9 Å². The molecule has 6 fully saturated rings. The Morgan fingerprint density at radius 1 is 0.494 bits per heavy atom. The van der Waals surface area contributed by atoms with Crippen molar-refractivity contribution in [3.63, 3.8) is 0 Å². The molecular formula is C61H94N8O16. The monoisotopic (exact) mass is 1190 g/mol. The van der Waals surface area contributed by atoms with Crippen LogP contribution in [0.5, 0.6) is 0 Å². The summed E-state index contributed by atoms with van der Waals surface area (Å²) in [7, 11) is 2.37. The van der Waals surface area contributed by atoms with Crippen LogP contribution in [0, 0.1) is 81.8 Å². The lowest BCUT2D eigenvalue weighted by Gasteiger charge is -2.59. The Hall–Kier alpha value is -6.62. The second-order valence-corrected chi connectivity index (χ2v) is 27.2. The zero-order valence-corrected chi connectivity index (χ0v) is 52.0. The third-order valence-electron chi connectivity index (χ3n) is 18.0. The molecule has 5 saturated carbocycles. The van der Waals surface area contributed by atoms with Gasteiger partial charge in [-0.1, -0.05) is 95.2 Å². The van der Waals surface area contributed by atoms with E-state index in [4.69, 9.17) is 18.9 Å². The minimum Gasteiger partial charge on any atom is -0.467 e. The number of hydrogen-bond acceptors (Lipinski definition) is 16. The van der Waals surface area contributed by atoms with Crippen LogP contribution in [0.15, 0.2) is 12.2 Å². The second-order valence-electron chi connectivity index (χ2n) is 27.2. The first kappa shape index (κ1) is 67.5. The van der Waals surface area contributed by atoms with Crippen LogP contribution in [0.4, 0.5) is 0 Å². The molecule has 24 heteroatoms. The Morgan fingerprint density at radius 3 is 1.14 bits per heavy atom. The quantitative estimate of drug-likeness (QED) is 0.0553. The fourth-order valence-corrected chi connectivity index (χ4v) is 14.1. The molecule has 1 heterocycles. The van der Waals surface area contributed by atoms with Crippen LogP contribution in [-0.2, 0) is 76.5 Å². The van der Waals surface area contributed by atoms with Crippen LogP contribution in [0.2, 0.25) is 0 Å². The van der Waals surface area contributed by atoms with Crippen LogP contribution in [-0.4, -0.2) is 147 Å². The summed E-state index contributed by atoms with van der Waals surface area (Å²) < 4.78 is 22.0. The van der Waals surface area contributed by atoms with E-state index in [-0.39, 0.29) is 42.9 Å². The molecule has 0 aromatic heterocycles. The van der Waals surface area contributed by atoms with Gasteiger partial charge in [-0.25, -0.2) is 9.59 Å². The zero-order chi connectivity index (χ0) is 63.2. The normalized spacial score (nSPS) is 31.2. The van der Waals surface area contributed by atoms with Crippen molar-refractivity contribution < 1.29 is 76.5 Å². The largest absolute Gasteiger partial charge is 0.467 e. The van der Waals surface area contributed by atoms with Crippen molar-refractivity contribution in [2.45, 2.75) is 189 Å². The SMILES string of the molecule is COC(=O)[C@@H](NC(=O)[C@@H](NC(=O)[C@@H]1COC(=O)C23CC4CC(C2)CC(C4)(C3)C(=O)OC[C@@H](C(=O)N[C@H](C(=O)N[C@H](C(=O)OC)C(C)C)C(C)C)NC(=O)[C@H](CC(C)C)NC(=O)[C@H]2[C@@H](C(=O)N[C@@H](CC(C)C)C(=O)N1)[C@H]1C=C[C@@H]2C1)C(C)C)C(C)C. The molecule has 85 heavy (non-hydrogen) atoms. The molecule has 24 nitrogen and oxygen atoms in total. The molecule has 14 atom stereocenters. The molecule has 6 aliphatic carbocycles. The third-order valence-corrected chi connectivity index (χ3v) is 18.0. The predicted molar refractivity (Wildman–Crippen MR) is 307 cm³/mol. The number of ether oxygens (including phenoxy) is 4. The molecule has 2 unspecified atom stereocenters. The van der Waals surface area contributed by atoms with Gasteiger partial charge in [0, 0.05) is 0 Å². The van der Waals surface area contributed by atoms with E-state index in [2.05, 4.69) is 42.5 Å². The fraction of sp³-hybridized carbons (Fsp3) is 0.770. The minimum absolute atomic E-state index is 0.0269. The molecule has 7 rings (SSSR count). The smallest absolute Gasteiger partial charge is 0.328 e. The number of hydrogen-bond donors (Lipinski definition) is 8. The highest BCUT2D eigenvalue weighted by Gasteiger charge is 2.65. The van der Waals surface area contributed by atoms with Crippen LogP contribution < -0.4 is 42.5 Å². The minimum atomic E-state index is -1.66. The van der Waals surface area contributed by atoms with E-state index < -0.39 is 191 Å². The van der Waals surface area contributed by atoms with E-state index >= 15 is 0 Å². The molecule has 6 bridgehead atoms. The standard InChI is InChI=1S/C61H94N8O16/c1-28(2)17-38-48(70)64-40(50(72)66-44(30(5)6)54(76)68-46(32(9)10)56(78)82-13)25-84-58(80)60-21-34-19-35(22-60)24-61(23-34,27-60)59(81)85-26-41(51(73)67-45(31(7)8)55(77)69-47(33(11)12)57(79)83-14)65-49(71)39(18-29(3)4)63-53(75)43-37-16-15-36(20-37)42(43)52(74)62-38/h15-16,28-47H,17-27H2,1-14H3,(H,62,74)(H,63,75)(H,64,70)(H,65,71)(H,66,72)(H,67,73)(H,68,76)(H,69,77)/t34?,35?,36-,37+,38-,39-,40-,41-,42-,43+,44-,45-,46-,47-,60?,61?/m0/s1. The topological polar surface area (TPSA) is 338 Å². The highest BCUT2D eigenvalue weighted by atomic mass is 16.5. The molecule has 8 amide bonds. The van der Waals surface area contributed by atoms with Gasteiger partial charge in [-0.05, 0) is 117 Å². The van der Waals surface area contributed by atoms with Gasteiger partial charge in [0.15, 0.2) is 0 Å². The summed E-state index contributed by atoms with van der Waals surface area (Å²) in [6, 6.07) is -10.6.